The molecule has 114 valence electrons. The minimum atomic E-state index is 0.624. The summed E-state index contributed by atoms with van der Waals surface area (Å²) in [4.78, 5) is 4.66. The van der Waals surface area contributed by atoms with Crippen molar-refractivity contribution in [2.45, 2.75) is 20.3 Å². The fourth-order valence-electron chi connectivity index (χ4n) is 2.29. The second-order valence-corrected chi connectivity index (χ2v) is 6.39. The molecule has 0 aromatic heterocycles. The van der Waals surface area contributed by atoms with Gasteiger partial charge in [0.05, 0.1) is 0 Å². The highest BCUT2D eigenvalue weighted by molar-refractivity contribution is 6.30. The van der Waals surface area contributed by atoms with Gasteiger partial charge in [0.2, 0.25) is 0 Å². The monoisotopic (exact) mass is 297 g/mol. The number of likely N-dealkylation sites (N-methyl/N-ethyl adjacent to an activating group) is 1. The minimum absolute atomic E-state index is 0.624. The molecule has 1 rings (SSSR count). The zero-order valence-corrected chi connectivity index (χ0v) is 14.0. The van der Waals surface area contributed by atoms with Crippen molar-refractivity contribution in [3.8, 4) is 0 Å². The van der Waals surface area contributed by atoms with Gasteiger partial charge in [-0.15, -0.1) is 0 Å². The van der Waals surface area contributed by atoms with E-state index in [1.165, 1.54) is 11.3 Å². The van der Waals surface area contributed by atoms with Crippen molar-refractivity contribution < 1.29 is 0 Å². The molecule has 1 aromatic rings. The number of hydrogen-bond acceptors (Lipinski definition) is 3. The summed E-state index contributed by atoms with van der Waals surface area (Å²) in [5, 5.41) is 0.786. The van der Waals surface area contributed by atoms with E-state index in [0.29, 0.717) is 12.5 Å². The Bertz CT molecular complexity index is 405. The zero-order valence-electron chi connectivity index (χ0n) is 13.2. The summed E-state index contributed by atoms with van der Waals surface area (Å²) >= 11 is 6.12. The Balaban J connectivity index is 2.98. The van der Waals surface area contributed by atoms with Crippen LogP contribution in [0.1, 0.15) is 19.4 Å². The molecule has 0 aliphatic carbocycles. The highest BCUT2D eigenvalue weighted by Crippen LogP contribution is 2.25. The molecule has 0 saturated carbocycles. The molecule has 0 heterocycles. The number of nitrogens with two attached hydrogens (primary N) is 1. The van der Waals surface area contributed by atoms with Crippen molar-refractivity contribution in [1.29, 1.82) is 0 Å². The van der Waals surface area contributed by atoms with E-state index < -0.39 is 0 Å². The van der Waals surface area contributed by atoms with Gasteiger partial charge in [-0.25, -0.2) is 0 Å². The van der Waals surface area contributed by atoms with Crippen molar-refractivity contribution in [3.05, 3.63) is 28.8 Å². The molecule has 0 saturated heterocycles. The van der Waals surface area contributed by atoms with Crippen molar-refractivity contribution in [2.24, 2.45) is 11.7 Å². The molecular weight excluding hydrogens is 270 g/mol. The number of benzene rings is 1. The summed E-state index contributed by atoms with van der Waals surface area (Å²) < 4.78 is 0. The standard InChI is InChI=1S/C16H28ClN3/c1-13(2)12-20(10-9-19(3)4)16-6-5-15(17)11-14(16)7-8-18/h5-6,11,13H,7-10,12,18H2,1-4H3. The third-order valence-corrected chi connectivity index (χ3v) is 3.43. The van der Waals surface area contributed by atoms with E-state index in [1.54, 1.807) is 0 Å². The summed E-state index contributed by atoms with van der Waals surface area (Å²) in [5.74, 6) is 0.624. The maximum absolute atomic E-state index is 6.12. The van der Waals surface area contributed by atoms with E-state index in [0.717, 1.165) is 31.1 Å². The summed E-state index contributed by atoms with van der Waals surface area (Å²) in [5.41, 5.74) is 8.26. The molecular formula is C16H28ClN3. The highest BCUT2D eigenvalue weighted by Gasteiger charge is 2.13. The quantitative estimate of drug-likeness (QED) is 0.801. The number of halogens is 1. The lowest BCUT2D eigenvalue weighted by atomic mass is 10.1. The van der Waals surface area contributed by atoms with Crippen LogP contribution in [0.15, 0.2) is 18.2 Å². The molecule has 0 unspecified atom stereocenters. The molecule has 0 bridgehead atoms. The smallest absolute Gasteiger partial charge is 0.0410 e. The van der Waals surface area contributed by atoms with Crippen LogP contribution in [0.3, 0.4) is 0 Å². The van der Waals surface area contributed by atoms with Crippen LogP contribution >= 0.6 is 11.6 Å². The largest absolute Gasteiger partial charge is 0.370 e. The first-order chi connectivity index (χ1) is 9.43. The molecule has 0 spiro atoms. The van der Waals surface area contributed by atoms with Gasteiger partial charge in [-0.2, -0.15) is 0 Å². The highest BCUT2D eigenvalue weighted by atomic mass is 35.5. The van der Waals surface area contributed by atoms with Gasteiger partial charge in [0.25, 0.3) is 0 Å². The van der Waals surface area contributed by atoms with Gasteiger partial charge in [-0.1, -0.05) is 25.4 Å². The summed E-state index contributed by atoms with van der Waals surface area (Å²) in [6.07, 6.45) is 0.868. The van der Waals surface area contributed by atoms with Crippen LogP contribution in [-0.2, 0) is 6.42 Å². The second-order valence-electron chi connectivity index (χ2n) is 5.95. The molecule has 20 heavy (non-hydrogen) atoms. The number of hydrogen-bond donors (Lipinski definition) is 1. The first kappa shape index (κ1) is 17.3. The van der Waals surface area contributed by atoms with Crippen LogP contribution in [0.25, 0.3) is 0 Å². The van der Waals surface area contributed by atoms with Crippen LogP contribution in [0, 0.1) is 5.92 Å². The zero-order chi connectivity index (χ0) is 15.1. The van der Waals surface area contributed by atoms with E-state index in [1.807, 2.05) is 12.1 Å². The van der Waals surface area contributed by atoms with Crippen LogP contribution in [-0.4, -0.2) is 45.2 Å². The molecule has 2 N–H and O–H groups in total. The van der Waals surface area contributed by atoms with Gasteiger partial charge in [0.1, 0.15) is 0 Å². The van der Waals surface area contributed by atoms with Gasteiger partial charge in [0, 0.05) is 30.3 Å². The van der Waals surface area contributed by atoms with Gasteiger partial charge in [0.15, 0.2) is 0 Å². The van der Waals surface area contributed by atoms with E-state index in [4.69, 9.17) is 17.3 Å². The Morgan fingerprint density at radius 1 is 1.20 bits per heavy atom. The lowest BCUT2D eigenvalue weighted by Gasteiger charge is -2.30. The fraction of sp³-hybridized carbons (Fsp3) is 0.625. The van der Waals surface area contributed by atoms with Gasteiger partial charge in [-0.05, 0) is 56.7 Å². The van der Waals surface area contributed by atoms with Crippen molar-refractivity contribution in [1.82, 2.24) is 4.90 Å². The maximum Gasteiger partial charge on any atom is 0.0410 e. The van der Waals surface area contributed by atoms with Gasteiger partial charge in [-0.3, -0.25) is 0 Å². The van der Waals surface area contributed by atoms with Gasteiger partial charge < -0.3 is 15.5 Å². The predicted octanol–water partition coefficient (Wildman–Crippen LogP) is 2.87. The average Bonchev–Trinajstić information content (AvgIpc) is 2.35. The molecule has 0 radical (unpaired) electrons. The topological polar surface area (TPSA) is 32.5 Å². The van der Waals surface area contributed by atoms with Crippen LogP contribution in [0.5, 0.6) is 0 Å². The van der Waals surface area contributed by atoms with E-state index in [9.17, 15) is 0 Å². The van der Waals surface area contributed by atoms with E-state index in [2.05, 4.69) is 43.8 Å². The molecule has 0 atom stereocenters. The number of rotatable bonds is 8. The average molecular weight is 298 g/mol. The molecule has 0 aliphatic rings. The second kappa shape index (κ2) is 8.50. The van der Waals surface area contributed by atoms with Crippen LogP contribution in [0.4, 0.5) is 5.69 Å². The first-order valence-electron chi connectivity index (χ1n) is 7.32. The fourth-order valence-corrected chi connectivity index (χ4v) is 2.48. The third-order valence-electron chi connectivity index (χ3n) is 3.20. The van der Waals surface area contributed by atoms with Gasteiger partial charge >= 0.3 is 0 Å². The number of nitrogens with zero attached hydrogens (tertiary/aromatic N) is 2. The maximum atomic E-state index is 6.12. The lowest BCUT2D eigenvalue weighted by molar-refractivity contribution is 0.409. The summed E-state index contributed by atoms with van der Waals surface area (Å²) in [6, 6.07) is 6.15. The predicted molar refractivity (Wildman–Crippen MR) is 89.8 cm³/mol. The van der Waals surface area contributed by atoms with Crippen molar-refractivity contribution in [2.75, 3.05) is 45.2 Å². The summed E-state index contributed by atoms with van der Waals surface area (Å²) in [7, 11) is 4.21. The minimum Gasteiger partial charge on any atom is -0.370 e. The Labute approximate surface area is 128 Å². The molecule has 0 amide bonds. The molecule has 0 fully saturated rings. The Kier molecular flexibility index (Phi) is 7.35. The Morgan fingerprint density at radius 3 is 2.45 bits per heavy atom. The third kappa shape index (κ3) is 5.70. The lowest BCUT2D eigenvalue weighted by Crippen LogP contribution is -2.35. The normalized spacial score (nSPS) is 11.4. The van der Waals surface area contributed by atoms with Crippen LogP contribution in [0.2, 0.25) is 5.02 Å². The first-order valence-corrected chi connectivity index (χ1v) is 7.70. The molecule has 1 aromatic carbocycles. The summed E-state index contributed by atoms with van der Waals surface area (Å²) in [6.45, 7) is 8.26. The molecule has 0 aliphatic heterocycles. The number of anilines is 1. The molecule has 3 nitrogen and oxygen atoms in total. The SMILES string of the molecule is CC(C)CN(CCN(C)C)c1ccc(Cl)cc1CCN. The van der Waals surface area contributed by atoms with Crippen molar-refractivity contribution >= 4 is 17.3 Å². The Morgan fingerprint density at radius 2 is 1.90 bits per heavy atom. The van der Waals surface area contributed by atoms with E-state index >= 15 is 0 Å². The van der Waals surface area contributed by atoms with E-state index in [-0.39, 0.29) is 0 Å². The van der Waals surface area contributed by atoms with Crippen LogP contribution < -0.4 is 10.6 Å². The Hall–Kier alpha value is -0.770. The van der Waals surface area contributed by atoms with Crippen molar-refractivity contribution in [3.63, 3.8) is 0 Å². The molecule has 4 heteroatoms.